The largest absolute Gasteiger partial charge is 0.349 e. The summed E-state index contributed by atoms with van der Waals surface area (Å²) in [7, 11) is -3.95. The maximum absolute atomic E-state index is 12.7. The average Bonchev–Trinajstić information content (AvgIpc) is 2.96. The fourth-order valence-electron chi connectivity index (χ4n) is 2.28. The highest BCUT2D eigenvalue weighted by Gasteiger charge is 2.37. The van der Waals surface area contributed by atoms with Gasteiger partial charge in [-0.15, -0.1) is 0 Å². The van der Waals surface area contributed by atoms with Crippen LogP contribution in [-0.2, 0) is 26.2 Å². The third-order valence-electron chi connectivity index (χ3n) is 3.42. The van der Waals surface area contributed by atoms with Gasteiger partial charge in [0, 0.05) is 6.08 Å². The molecule has 6 heteroatoms. The normalized spacial score (nSPS) is 17.7. The van der Waals surface area contributed by atoms with E-state index in [4.69, 9.17) is 4.74 Å². The molecule has 0 radical (unpaired) electrons. The van der Waals surface area contributed by atoms with Gasteiger partial charge >= 0.3 is 0 Å². The van der Waals surface area contributed by atoms with Crippen LogP contribution in [0, 0.1) is 0 Å². The molecule has 0 fully saturated rings. The second-order valence-corrected chi connectivity index (χ2v) is 6.81. The lowest BCUT2D eigenvalue weighted by Gasteiger charge is -2.24. The molecular formula is C17H15NO4S. The molecule has 0 saturated carbocycles. The lowest BCUT2D eigenvalue weighted by molar-refractivity contribution is -0.126. The van der Waals surface area contributed by atoms with Gasteiger partial charge in [0.05, 0.1) is 11.5 Å². The Hall–Kier alpha value is -2.44. The standard InChI is InChI=1S/C17H15NO4S/c19-16-11-12-17(22-13-14-7-3-1-4-8-14)18(16)23(20,21)15-9-5-2-6-10-15/h1-12,17H,13H2. The van der Waals surface area contributed by atoms with Crippen LogP contribution in [0.2, 0.25) is 0 Å². The molecule has 0 spiro atoms. The minimum absolute atomic E-state index is 0.0605. The summed E-state index contributed by atoms with van der Waals surface area (Å²) in [5.74, 6) is -0.605. The lowest BCUT2D eigenvalue weighted by Crippen LogP contribution is -2.40. The summed E-state index contributed by atoms with van der Waals surface area (Å²) < 4.78 is 31.7. The number of rotatable bonds is 5. The molecule has 1 atom stereocenters. The van der Waals surface area contributed by atoms with E-state index in [1.165, 1.54) is 24.3 Å². The van der Waals surface area contributed by atoms with Crippen LogP contribution in [0.4, 0.5) is 0 Å². The van der Waals surface area contributed by atoms with Gasteiger partial charge in [-0.3, -0.25) is 4.79 Å². The molecule has 0 N–H and O–H groups in total. The molecule has 118 valence electrons. The van der Waals surface area contributed by atoms with E-state index in [1.807, 2.05) is 30.3 Å². The van der Waals surface area contributed by atoms with Gasteiger partial charge in [-0.1, -0.05) is 48.5 Å². The van der Waals surface area contributed by atoms with E-state index >= 15 is 0 Å². The first-order valence-corrected chi connectivity index (χ1v) is 8.50. The van der Waals surface area contributed by atoms with E-state index in [2.05, 4.69) is 0 Å². The zero-order valence-electron chi connectivity index (χ0n) is 12.2. The van der Waals surface area contributed by atoms with Crippen LogP contribution in [0.5, 0.6) is 0 Å². The Morgan fingerprint density at radius 2 is 1.57 bits per heavy atom. The summed E-state index contributed by atoms with van der Waals surface area (Å²) in [4.78, 5) is 12.1. The van der Waals surface area contributed by atoms with Crippen molar-refractivity contribution in [3.8, 4) is 0 Å². The molecule has 23 heavy (non-hydrogen) atoms. The number of hydrogen-bond acceptors (Lipinski definition) is 4. The third kappa shape index (κ3) is 3.18. The maximum atomic E-state index is 12.7. The molecule has 0 saturated heterocycles. The number of benzene rings is 2. The number of hydrogen-bond donors (Lipinski definition) is 0. The Labute approximate surface area is 134 Å². The van der Waals surface area contributed by atoms with Gasteiger partial charge in [-0.2, -0.15) is 0 Å². The molecule has 5 nitrogen and oxygen atoms in total. The first-order chi connectivity index (χ1) is 11.1. The Balaban J connectivity index is 1.81. The van der Waals surface area contributed by atoms with E-state index in [0.717, 1.165) is 9.87 Å². The van der Waals surface area contributed by atoms with Crippen molar-refractivity contribution in [1.82, 2.24) is 4.31 Å². The summed E-state index contributed by atoms with van der Waals surface area (Å²) >= 11 is 0. The van der Waals surface area contributed by atoms with E-state index < -0.39 is 22.2 Å². The van der Waals surface area contributed by atoms with Crippen LogP contribution < -0.4 is 0 Å². The van der Waals surface area contributed by atoms with E-state index in [1.54, 1.807) is 18.2 Å². The second kappa shape index (κ2) is 6.36. The number of nitrogens with zero attached hydrogens (tertiary/aromatic N) is 1. The Kier molecular flexibility index (Phi) is 4.27. The quantitative estimate of drug-likeness (QED) is 0.844. The molecule has 2 aromatic carbocycles. The van der Waals surface area contributed by atoms with Crippen LogP contribution in [0.3, 0.4) is 0 Å². The fraction of sp³-hybridized carbons (Fsp3) is 0.118. The molecule has 0 aromatic heterocycles. The van der Waals surface area contributed by atoms with Crippen molar-refractivity contribution < 1.29 is 17.9 Å². The molecule has 1 aliphatic rings. The number of sulfonamides is 1. The van der Waals surface area contributed by atoms with Crippen molar-refractivity contribution in [3.05, 3.63) is 78.4 Å². The molecule has 3 rings (SSSR count). The first kappa shape index (κ1) is 15.5. The van der Waals surface area contributed by atoms with Gasteiger partial charge in [0.15, 0.2) is 6.23 Å². The van der Waals surface area contributed by atoms with Crippen molar-refractivity contribution in [2.24, 2.45) is 0 Å². The summed E-state index contributed by atoms with van der Waals surface area (Å²) in [6, 6.07) is 17.2. The summed E-state index contributed by atoms with van der Waals surface area (Å²) in [5.41, 5.74) is 0.900. The Bertz CT molecular complexity index is 816. The molecule has 1 heterocycles. The number of ether oxygens (including phenoxy) is 1. The van der Waals surface area contributed by atoms with Crippen LogP contribution in [0.1, 0.15) is 5.56 Å². The van der Waals surface area contributed by atoms with Crippen molar-refractivity contribution in [1.29, 1.82) is 0 Å². The highest BCUT2D eigenvalue weighted by atomic mass is 32.2. The van der Waals surface area contributed by atoms with E-state index in [-0.39, 0.29) is 11.5 Å². The van der Waals surface area contributed by atoms with Gasteiger partial charge in [-0.25, -0.2) is 12.7 Å². The Morgan fingerprint density at radius 3 is 2.22 bits per heavy atom. The third-order valence-corrected chi connectivity index (χ3v) is 5.19. The highest BCUT2D eigenvalue weighted by molar-refractivity contribution is 7.89. The molecule has 0 aliphatic carbocycles. The van der Waals surface area contributed by atoms with Crippen molar-refractivity contribution >= 4 is 15.9 Å². The average molecular weight is 329 g/mol. The minimum Gasteiger partial charge on any atom is -0.349 e. The van der Waals surface area contributed by atoms with Gasteiger partial charge in [0.2, 0.25) is 0 Å². The molecule has 1 aliphatic heterocycles. The number of amides is 1. The predicted octanol–water partition coefficient (Wildman–Crippen LogP) is 2.32. The van der Waals surface area contributed by atoms with Crippen LogP contribution in [0.25, 0.3) is 0 Å². The van der Waals surface area contributed by atoms with Gasteiger partial charge in [-0.05, 0) is 23.8 Å². The van der Waals surface area contributed by atoms with Crippen molar-refractivity contribution in [2.45, 2.75) is 17.7 Å². The fourth-order valence-corrected chi connectivity index (χ4v) is 3.71. The zero-order chi connectivity index (χ0) is 16.3. The molecule has 1 unspecified atom stereocenters. The Morgan fingerprint density at radius 1 is 0.957 bits per heavy atom. The SMILES string of the molecule is O=C1C=CC(OCc2ccccc2)N1S(=O)(=O)c1ccccc1. The van der Waals surface area contributed by atoms with Gasteiger partial charge in [0.25, 0.3) is 15.9 Å². The van der Waals surface area contributed by atoms with E-state index in [0.29, 0.717) is 0 Å². The maximum Gasteiger partial charge on any atom is 0.269 e. The van der Waals surface area contributed by atoms with E-state index in [9.17, 15) is 13.2 Å². The molecule has 1 amide bonds. The lowest BCUT2D eigenvalue weighted by atomic mass is 10.2. The van der Waals surface area contributed by atoms with Crippen LogP contribution in [0.15, 0.2) is 77.7 Å². The molecule has 0 bridgehead atoms. The molecule has 2 aromatic rings. The molecular weight excluding hydrogens is 314 g/mol. The number of carbonyl (C=O) groups excluding carboxylic acids is 1. The monoisotopic (exact) mass is 329 g/mol. The smallest absolute Gasteiger partial charge is 0.269 e. The summed E-state index contributed by atoms with van der Waals surface area (Å²) in [6.45, 7) is 0.212. The van der Waals surface area contributed by atoms with Gasteiger partial charge in [0.1, 0.15) is 0 Å². The van der Waals surface area contributed by atoms with Crippen molar-refractivity contribution in [3.63, 3.8) is 0 Å². The summed E-state index contributed by atoms with van der Waals surface area (Å²) in [5, 5.41) is 0. The predicted molar refractivity (Wildman–Crippen MR) is 84.6 cm³/mol. The van der Waals surface area contributed by atoms with Gasteiger partial charge < -0.3 is 4.74 Å². The second-order valence-electron chi connectivity index (χ2n) is 5.00. The van der Waals surface area contributed by atoms with Crippen molar-refractivity contribution in [2.75, 3.05) is 0 Å². The highest BCUT2D eigenvalue weighted by Crippen LogP contribution is 2.24. The topological polar surface area (TPSA) is 63.7 Å². The first-order valence-electron chi connectivity index (χ1n) is 7.06. The van der Waals surface area contributed by atoms with Crippen LogP contribution in [-0.4, -0.2) is 24.9 Å². The summed E-state index contributed by atoms with van der Waals surface area (Å²) in [6.07, 6.45) is 1.73. The van der Waals surface area contributed by atoms with Crippen LogP contribution >= 0.6 is 0 Å². The minimum atomic E-state index is -3.95. The number of carbonyl (C=O) groups is 1. The zero-order valence-corrected chi connectivity index (χ0v) is 13.0.